The van der Waals surface area contributed by atoms with Crippen LogP contribution in [0.3, 0.4) is 0 Å². The van der Waals surface area contributed by atoms with Crippen LogP contribution in [-0.4, -0.2) is 71.8 Å². The molecule has 2 unspecified atom stereocenters. The van der Waals surface area contributed by atoms with Crippen molar-refractivity contribution >= 4 is 23.4 Å². The number of carbonyl (C=O) groups is 2. The minimum Gasteiger partial charge on any atom is -0.342 e. The Kier molecular flexibility index (Phi) is 8.99. The molecule has 2 N–H and O–H groups in total. The topological polar surface area (TPSA) is 69.9 Å². The molecule has 1 saturated heterocycles. The molecule has 0 spiro atoms. The minimum atomic E-state index is -0.888. The third-order valence-corrected chi connectivity index (χ3v) is 6.50. The van der Waals surface area contributed by atoms with Crippen molar-refractivity contribution in [2.75, 3.05) is 39.3 Å². The molecule has 0 aliphatic carbocycles. The van der Waals surface area contributed by atoms with Gasteiger partial charge in [-0.3, -0.25) is 14.5 Å². The molecule has 1 aliphatic heterocycles. The van der Waals surface area contributed by atoms with E-state index >= 15 is 0 Å². The fourth-order valence-corrected chi connectivity index (χ4v) is 4.44. The first-order valence-electron chi connectivity index (χ1n) is 11.5. The number of carbonyl (C=O) groups excluding carboxylic acids is 2. The fourth-order valence-electron chi connectivity index (χ4n) is 4.31. The van der Waals surface area contributed by atoms with Crippen LogP contribution < -0.4 is 5.73 Å². The summed E-state index contributed by atoms with van der Waals surface area (Å²) >= 11 is 5.91. The lowest BCUT2D eigenvalue weighted by atomic mass is 10.0. The highest BCUT2D eigenvalue weighted by Gasteiger charge is 2.36. The lowest BCUT2D eigenvalue weighted by Gasteiger charge is -2.40. The van der Waals surface area contributed by atoms with Crippen LogP contribution in [0.1, 0.15) is 31.0 Å². The van der Waals surface area contributed by atoms with Crippen LogP contribution in [0.5, 0.6) is 0 Å². The van der Waals surface area contributed by atoms with Gasteiger partial charge in [-0.05, 0) is 44.0 Å². The van der Waals surface area contributed by atoms with Crippen LogP contribution in [0, 0.1) is 11.6 Å². The molecule has 1 heterocycles. The van der Waals surface area contributed by atoms with Crippen LogP contribution in [0.25, 0.3) is 0 Å². The first kappa shape index (κ1) is 26.1. The first-order chi connectivity index (χ1) is 16.2. The number of benzene rings is 2. The molecule has 0 radical (unpaired) electrons. The summed E-state index contributed by atoms with van der Waals surface area (Å²) in [6.45, 7) is 6.13. The molecule has 0 bridgehead atoms. The number of piperazine rings is 1. The van der Waals surface area contributed by atoms with Gasteiger partial charge in [0.1, 0.15) is 17.7 Å². The molecule has 0 aromatic heterocycles. The Morgan fingerprint density at radius 1 is 1.03 bits per heavy atom. The molecule has 0 saturated carbocycles. The Morgan fingerprint density at radius 2 is 1.65 bits per heavy atom. The predicted octanol–water partition coefficient (Wildman–Crippen LogP) is 3.24. The van der Waals surface area contributed by atoms with Gasteiger partial charge in [-0.1, -0.05) is 29.8 Å². The van der Waals surface area contributed by atoms with Gasteiger partial charge in [0.2, 0.25) is 11.8 Å². The van der Waals surface area contributed by atoms with Crippen molar-refractivity contribution in [3.8, 4) is 0 Å². The highest BCUT2D eigenvalue weighted by molar-refractivity contribution is 6.30. The third-order valence-electron chi connectivity index (χ3n) is 6.24. The quantitative estimate of drug-likeness (QED) is 0.614. The number of nitrogens with two attached hydrogens (primary N) is 1. The summed E-state index contributed by atoms with van der Waals surface area (Å²) in [5.74, 6) is -1.86. The molecule has 1 fully saturated rings. The van der Waals surface area contributed by atoms with E-state index in [2.05, 4.69) is 0 Å². The molecular formula is C25H31ClF2N4O2. The average Bonchev–Trinajstić information content (AvgIpc) is 2.83. The molecule has 34 heavy (non-hydrogen) atoms. The zero-order valence-corrected chi connectivity index (χ0v) is 20.3. The van der Waals surface area contributed by atoms with Crippen molar-refractivity contribution in [3.05, 3.63) is 70.2 Å². The first-order valence-corrected chi connectivity index (χ1v) is 11.9. The summed E-state index contributed by atoms with van der Waals surface area (Å²) < 4.78 is 28.2. The fraction of sp³-hybridized carbons (Fsp3) is 0.440. The monoisotopic (exact) mass is 492 g/mol. The third kappa shape index (κ3) is 6.11. The van der Waals surface area contributed by atoms with Gasteiger partial charge >= 0.3 is 0 Å². The Bertz CT molecular complexity index is 993. The van der Waals surface area contributed by atoms with E-state index in [-0.39, 0.29) is 17.4 Å². The molecule has 184 valence electrons. The summed E-state index contributed by atoms with van der Waals surface area (Å²) in [5, 5.41) is 0.617. The van der Waals surface area contributed by atoms with Gasteiger partial charge in [-0.15, -0.1) is 0 Å². The highest BCUT2D eigenvalue weighted by Crippen LogP contribution is 2.28. The number of amides is 2. The molecule has 6 nitrogen and oxygen atoms in total. The SMILES string of the molecule is CCN(CC)C(=O)C(c1ccc(F)cc1F)N1CCN(C(=O)C(N)Cc2ccc(Cl)cc2)CC1. The molecular weight excluding hydrogens is 462 g/mol. The van der Waals surface area contributed by atoms with Crippen molar-refractivity contribution in [2.24, 2.45) is 5.73 Å². The Hall–Kier alpha value is -2.55. The predicted molar refractivity (Wildman–Crippen MR) is 128 cm³/mol. The van der Waals surface area contributed by atoms with Crippen molar-refractivity contribution in [2.45, 2.75) is 32.4 Å². The van der Waals surface area contributed by atoms with Gasteiger partial charge in [0.25, 0.3) is 0 Å². The van der Waals surface area contributed by atoms with Crippen molar-refractivity contribution < 1.29 is 18.4 Å². The maximum absolute atomic E-state index is 14.7. The number of halogens is 3. The Balaban J connectivity index is 1.71. The van der Waals surface area contributed by atoms with Crippen molar-refractivity contribution in [1.82, 2.24) is 14.7 Å². The molecule has 2 amide bonds. The van der Waals surface area contributed by atoms with E-state index < -0.39 is 23.7 Å². The summed E-state index contributed by atoms with van der Waals surface area (Å²) in [6.07, 6.45) is 0.389. The standard InChI is InChI=1S/C25H31ClF2N4O2/c1-3-30(4-2)25(34)23(20-10-9-19(27)16-21(20)28)31-11-13-32(14-12-31)24(33)22(29)15-17-5-7-18(26)8-6-17/h5-10,16,22-23H,3-4,11-15,29H2,1-2H3. The second kappa shape index (κ2) is 11.7. The van der Waals surface area contributed by atoms with Crippen LogP contribution in [0.2, 0.25) is 5.02 Å². The van der Waals surface area contributed by atoms with Crippen LogP contribution >= 0.6 is 11.6 Å². The maximum atomic E-state index is 14.7. The average molecular weight is 493 g/mol. The maximum Gasteiger partial charge on any atom is 0.244 e. The number of hydrogen-bond acceptors (Lipinski definition) is 4. The van der Waals surface area contributed by atoms with Gasteiger partial charge in [-0.2, -0.15) is 0 Å². The van der Waals surface area contributed by atoms with E-state index in [9.17, 15) is 18.4 Å². The van der Waals surface area contributed by atoms with Crippen molar-refractivity contribution in [1.29, 1.82) is 0 Å². The van der Waals surface area contributed by atoms with Gasteiger partial charge in [0.05, 0.1) is 6.04 Å². The van der Waals surface area contributed by atoms with Crippen LogP contribution in [-0.2, 0) is 16.0 Å². The van der Waals surface area contributed by atoms with Gasteiger partial charge < -0.3 is 15.5 Å². The zero-order valence-electron chi connectivity index (χ0n) is 19.5. The van der Waals surface area contributed by atoms with E-state index in [0.717, 1.165) is 17.7 Å². The van der Waals surface area contributed by atoms with Gasteiger partial charge in [0.15, 0.2) is 0 Å². The highest BCUT2D eigenvalue weighted by atomic mass is 35.5. The molecule has 9 heteroatoms. The zero-order chi connectivity index (χ0) is 24.8. The van der Waals surface area contributed by atoms with E-state index in [1.54, 1.807) is 21.9 Å². The molecule has 3 rings (SSSR count). The minimum absolute atomic E-state index is 0.137. The largest absolute Gasteiger partial charge is 0.342 e. The molecule has 2 aromatic carbocycles. The number of rotatable bonds is 8. The summed E-state index contributed by atoms with van der Waals surface area (Å²) in [4.78, 5) is 31.4. The lowest BCUT2D eigenvalue weighted by Crippen LogP contribution is -2.56. The Labute approximate surface area is 204 Å². The van der Waals surface area contributed by atoms with E-state index in [1.165, 1.54) is 6.07 Å². The number of likely N-dealkylation sites (N-methyl/N-ethyl adjacent to an activating group) is 1. The Morgan fingerprint density at radius 3 is 2.21 bits per heavy atom. The van der Waals surface area contributed by atoms with Crippen molar-refractivity contribution in [3.63, 3.8) is 0 Å². The van der Waals surface area contributed by atoms with Crippen LogP contribution in [0.15, 0.2) is 42.5 Å². The van der Waals surface area contributed by atoms with E-state index in [0.29, 0.717) is 50.7 Å². The number of hydrogen-bond donors (Lipinski definition) is 1. The van der Waals surface area contributed by atoms with Crippen LogP contribution in [0.4, 0.5) is 8.78 Å². The second-order valence-corrected chi connectivity index (χ2v) is 8.81. The number of nitrogens with zero attached hydrogens (tertiary/aromatic N) is 3. The molecule has 1 aliphatic rings. The van der Waals surface area contributed by atoms with E-state index in [4.69, 9.17) is 17.3 Å². The van der Waals surface area contributed by atoms with Gasteiger partial charge in [-0.25, -0.2) is 8.78 Å². The second-order valence-electron chi connectivity index (χ2n) is 8.38. The molecule has 2 atom stereocenters. The summed E-state index contributed by atoms with van der Waals surface area (Å²) in [6, 6.07) is 8.90. The smallest absolute Gasteiger partial charge is 0.244 e. The summed E-state index contributed by atoms with van der Waals surface area (Å²) in [5.41, 5.74) is 7.23. The lowest BCUT2D eigenvalue weighted by molar-refractivity contribution is -0.140. The normalized spacial score (nSPS) is 16.2. The van der Waals surface area contributed by atoms with Gasteiger partial charge in [0, 0.05) is 55.9 Å². The molecule has 2 aromatic rings. The van der Waals surface area contributed by atoms with E-state index in [1.807, 2.05) is 30.9 Å². The summed E-state index contributed by atoms with van der Waals surface area (Å²) in [7, 11) is 0.